The van der Waals surface area contributed by atoms with Crippen LogP contribution in [0, 0.1) is 11.7 Å². The van der Waals surface area contributed by atoms with Gasteiger partial charge in [0.25, 0.3) is 0 Å². The summed E-state index contributed by atoms with van der Waals surface area (Å²) < 4.78 is 19.3. The highest BCUT2D eigenvalue weighted by atomic mass is 32.1. The average molecular weight is 414 g/mol. The van der Waals surface area contributed by atoms with Gasteiger partial charge >= 0.3 is 0 Å². The Balaban J connectivity index is 1.27. The minimum absolute atomic E-state index is 0.0361. The molecule has 0 atom stereocenters. The number of piperidine rings is 1. The molecule has 1 saturated heterocycles. The molecule has 4 rings (SSSR count). The molecule has 0 unspecified atom stereocenters. The number of aromatic nitrogens is 1. The number of ether oxygens (including phenoxy) is 1. The molecule has 0 saturated carbocycles. The Bertz CT molecular complexity index is 981. The van der Waals surface area contributed by atoms with Crippen molar-refractivity contribution in [2.75, 3.05) is 31.6 Å². The second-order valence-electron chi connectivity index (χ2n) is 7.26. The zero-order chi connectivity index (χ0) is 20.2. The highest BCUT2D eigenvalue weighted by Gasteiger charge is 2.26. The molecule has 0 bridgehead atoms. The number of fused-ring (bicyclic) bond motifs is 1. The van der Waals surface area contributed by atoms with Gasteiger partial charge in [-0.1, -0.05) is 23.5 Å². The van der Waals surface area contributed by atoms with Crippen LogP contribution in [0.3, 0.4) is 0 Å². The first-order chi connectivity index (χ1) is 14.1. The number of amides is 1. The van der Waals surface area contributed by atoms with Crippen LogP contribution >= 0.6 is 11.3 Å². The van der Waals surface area contributed by atoms with Gasteiger partial charge in [-0.3, -0.25) is 4.79 Å². The van der Waals surface area contributed by atoms with Crippen molar-refractivity contribution in [3.63, 3.8) is 0 Å². The number of halogens is 1. The number of thiazole rings is 1. The Morgan fingerprint density at radius 2 is 2.00 bits per heavy atom. The quantitative estimate of drug-likeness (QED) is 0.663. The van der Waals surface area contributed by atoms with Crippen LogP contribution in [0.2, 0.25) is 0 Å². The number of methoxy groups -OCH3 is 1. The molecule has 1 aromatic heterocycles. The predicted molar refractivity (Wildman–Crippen MR) is 114 cm³/mol. The fourth-order valence-corrected chi connectivity index (χ4v) is 4.66. The molecule has 152 valence electrons. The Hall–Kier alpha value is -2.67. The Kier molecular flexibility index (Phi) is 5.94. The molecule has 0 radical (unpaired) electrons. The van der Waals surface area contributed by atoms with Crippen molar-refractivity contribution >= 4 is 32.6 Å². The van der Waals surface area contributed by atoms with Crippen LogP contribution in [0.1, 0.15) is 18.4 Å². The summed E-state index contributed by atoms with van der Waals surface area (Å²) in [6.45, 7) is 2.23. The first kappa shape index (κ1) is 19.6. The van der Waals surface area contributed by atoms with Gasteiger partial charge in [-0.15, -0.1) is 0 Å². The summed E-state index contributed by atoms with van der Waals surface area (Å²) in [4.78, 5) is 19.5. The van der Waals surface area contributed by atoms with Crippen molar-refractivity contribution in [3.8, 4) is 5.75 Å². The van der Waals surface area contributed by atoms with Crippen molar-refractivity contribution in [3.05, 3.63) is 53.8 Å². The summed E-state index contributed by atoms with van der Waals surface area (Å²) in [7, 11) is 1.67. The lowest BCUT2D eigenvalue weighted by molar-refractivity contribution is -0.125. The number of hydrogen-bond donors (Lipinski definition) is 1. The summed E-state index contributed by atoms with van der Waals surface area (Å²) in [6, 6.07) is 12.3. The van der Waals surface area contributed by atoms with Crippen LogP contribution in [0.25, 0.3) is 10.2 Å². The molecule has 0 spiro atoms. The average Bonchev–Trinajstić information content (AvgIpc) is 3.18. The molecule has 5 nitrogen and oxygen atoms in total. The number of hydrogen-bond acceptors (Lipinski definition) is 5. The normalized spacial score (nSPS) is 14.9. The van der Waals surface area contributed by atoms with E-state index in [1.165, 1.54) is 12.1 Å². The zero-order valence-electron chi connectivity index (χ0n) is 16.4. The van der Waals surface area contributed by atoms with E-state index in [1.807, 2.05) is 18.2 Å². The summed E-state index contributed by atoms with van der Waals surface area (Å²) in [5.74, 6) is 0.746. The van der Waals surface area contributed by atoms with Crippen LogP contribution < -0.4 is 15.0 Å². The molecule has 2 heterocycles. The van der Waals surface area contributed by atoms with Crippen molar-refractivity contribution in [1.29, 1.82) is 0 Å². The number of benzene rings is 2. The second kappa shape index (κ2) is 8.78. The van der Waals surface area contributed by atoms with Crippen LogP contribution in [-0.2, 0) is 11.2 Å². The lowest BCUT2D eigenvalue weighted by Crippen LogP contribution is -2.41. The van der Waals surface area contributed by atoms with Gasteiger partial charge in [-0.2, -0.15) is 0 Å². The van der Waals surface area contributed by atoms with Crippen molar-refractivity contribution in [2.24, 2.45) is 5.92 Å². The van der Waals surface area contributed by atoms with Crippen molar-refractivity contribution in [1.82, 2.24) is 10.3 Å². The smallest absolute Gasteiger partial charge is 0.223 e. The maximum absolute atomic E-state index is 12.9. The maximum atomic E-state index is 12.9. The van der Waals surface area contributed by atoms with Gasteiger partial charge in [0.15, 0.2) is 5.13 Å². The maximum Gasteiger partial charge on any atom is 0.223 e. The molecular formula is C22H24FN3O2S. The lowest BCUT2D eigenvalue weighted by atomic mass is 9.96. The van der Waals surface area contributed by atoms with E-state index in [9.17, 15) is 9.18 Å². The zero-order valence-corrected chi connectivity index (χ0v) is 17.2. The number of carbonyl (C=O) groups is 1. The molecule has 2 aromatic carbocycles. The Labute approximate surface area is 173 Å². The molecule has 1 aliphatic heterocycles. The lowest BCUT2D eigenvalue weighted by Gasteiger charge is -2.31. The number of nitrogens with zero attached hydrogens (tertiary/aromatic N) is 2. The monoisotopic (exact) mass is 413 g/mol. The molecule has 0 aliphatic carbocycles. The van der Waals surface area contributed by atoms with Gasteiger partial charge in [0.1, 0.15) is 11.6 Å². The van der Waals surface area contributed by atoms with E-state index in [0.717, 1.165) is 52.6 Å². The fraction of sp³-hybridized carbons (Fsp3) is 0.364. The minimum Gasteiger partial charge on any atom is -0.497 e. The molecule has 1 amide bonds. The SMILES string of the molecule is COc1ccc2nc(N3CCC(C(=O)NCCc4ccc(F)cc4)CC3)sc2c1. The molecule has 1 aliphatic rings. The Morgan fingerprint density at radius 1 is 1.24 bits per heavy atom. The van der Waals surface area contributed by atoms with E-state index in [-0.39, 0.29) is 17.6 Å². The molecule has 3 aromatic rings. The number of rotatable bonds is 6. The van der Waals surface area contributed by atoms with Gasteiger partial charge in [-0.25, -0.2) is 9.37 Å². The Morgan fingerprint density at radius 3 is 2.72 bits per heavy atom. The second-order valence-corrected chi connectivity index (χ2v) is 8.27. The van der Waals surface area contributed by atoms with Crippen molar-refractivity contribution < 1.29 is 13.9 Å². The van der Waals surface area contributed by atoms with Crippen LogP contribution in [0.4, 0.5) is 9.52 Å². The number of anilines is 1. The standard InChI is InChI=1S/C22H24FN3O2S/c1-28-18-6-7-19-20(14-18)29-22(25-19)26-12-9-16(10-13-26)21(27)24-11-8-15-2-4-17(23)5-3-15/h2-7,14,16H,8-13H2,1H3,(H,24,27). The van der Waals surface area contributed by atoms with Gasteiger partial charge in [0, 0.05) is 25.6 Å². The third-order valence-corrected chi connectivity index (χ3v) is 6.43. The van der Waals surface area contributed by atoms with Crippen LogP contribution in [-0.4, -0.2) is 37.6 Å². The first-order valence-corrected chi connectivity index (χ1v) is 10.7. The van der Waals surface area contributed by atoms with Gasteiger partial charge < -0.3 is 15.0 Å². The summed E-state index contributed by atoms with van der Waals surface area (Å²) >= 11 is 1.66. The summed E-state index contributed by atoms with van der Waals surface area (Å²) in [6.07, 6.45) is 2.35. The topological polar surface area (TPSA) is 54.5 Å². The van der Waals surface area contributed by atoms with Gasteiger partial charge in [0.2, 0.25) is 5.91 Å². The largest absolute Gasteiger partial charge is 0.497 e. The fourth-order valence-electron chi connectivity index (χ4n) is 3.61. The summed E-state index contributed by atoms with van der Waals surface area (Å²) in [5, 5.41) is 4.03. The molecule has 1 fully saturated rings. The molecule has 7 heteroatoms. The van der Waals surface area contributed by atoms with Crippen molar-refractivity contribution in [2.45, 2.75) is 19.3 Å². The first-order valence-electron chi connectivity index (χ1n) is 9.84. The number of nitrogens with one attached hydrogen (secondary N) is 1. The van der Waals surface area contributed by atoms with E-state index in [0.29, 0.717) is 13.0 Å². The van der Waals surface area contributed by atoms with Gasteiger partial charge in [-0.05, 0) is 55.2 Å². The third-order valence-electron chi connectivity index (χ3n) is 5.35. The van der Waals surface area contributed by atoms with Crippen LogP contribution in [0.5, 0.6) is 5.75 Å². The predicted octanol–water partition coefficient (Wildman–Crippen LogP) is 4.02. The van der Waals surface area contributed by atoms with E-state index in [1.54, 1.807) is 30.6 Å². The molecule has 29 heavy (non-hydrogen) atoms. The highest BCUT2D eigenvalue weighted by molar-refractivity contribution is 7.22. The molecular weight excluding hydrogens is 389 g/mol. The minimum atomic E-state index is -0.239. The number of carbonyl (C=O) groups excluding carboxylic acids is 1. The highest BCUT2D eigenvalue weighted by Crippen LogP contribution is 2.33. The van der Waals surface area contributed by atoms with E-state index in [4.69, 9.17) is 9.72 Å². The van der Waals surface area contributed by atoms with E-state index >= 15 is 0 Å². The summed E-state index contributed by atoms with van der Waals surface area (Å²) in [5.41, 5.74) is 2.00. The van der Waals surface area contributed by atoms with Crippen LogP contribution in [0.15, 0.2) is 42.5 Å². The van der Waals surface area contributed by atoms with Gasteiger partial charge in [0.05, 0.1) is 17.3 Å². The third kappa shape index (κ3) is 4.67. The van der Waals surface area contributed by atoms with E-state index < -0.39 is 0 Å². The van der Waals surface area contributed by atoms with E-state index in [2.05, 4.69) is 10.2 Å². The molecule has 1 N–H and O–H groups in total.